The van der Waals surface area contributed by atoms with Gasteiger partial charge in [-0.25, -0.2) is 0 Å². The number of rotatable bonds is 1. The molecule has 3 heteroatoms. The van der Waals surface area contributed by atoms with E-state index in [9.17, 15) is 4.79 Å². The zero-order valence-corrected chi connectivity index (χ0v) is 12.6. The summed E-state index contributed by atoms with van der Waals surface area (Å²) in [4.78, 5) is 12.4. The molecule has 0 saturated carbocycles. The van der Waals surface area contributed by atoms with Gasteiger partial charge in [0, 0.05) is 27.2 Å². The fraction of sp³-hybridized carbons (Fsp3) is 0.500. The molecule has 0 aromatic carbocycles. The first-order valence-corrected chi connectivity index (χ1v) is 7.00. The van der Waals surface area contributed by atoms with Gasteiger partial charge in [-0.3, -0.25) is 4.79 Å². The van der Waals surface area contributed by atoms with Gasteiger partial charge in [0.1, 0.15) is 0 Å². The largest absolute Gasteiger partial charge is 0.326 e. The summed E-state index contributed by atoms with van der Waals surface area (Å²) in [5.74, 6) is 0. The van der Waals surface area contributed by atoms with Crippen LogP contribution in [0, 0.1) is 0 Å². The lowest BCUT2D eigenvalue weighted by Crippen LogP contribution is -2.36. The van der Waals surface area contributed by atoms with Crippen LogP contribution in [0.2, 0.25) is 0 Å². The first kappa shape index (κ1) is 18.4. The Hall–Kier alpha value is -0.930. The molecule has 0 radical (unpaired) electrons. The second-order valence-corrected chi connectivity index (χ2v) is 3.80. The molecule has 0 amide bonds. The van der Waals surface area contributed by atoms with Crippen molar-refractivity contribution in [2.75, 3.05) is 0 Å². The van der Waals surface area contributed by atoms with Gasteiger partial charge in [-0.05, 0) is 13.8 Å². The van der Waals surface area contributed by atoms with Gasteiger partial charge in [-0.15, -0.1) is 11.3 Å². The quantitative estimate of drug-likeness (QED) is 0.836. The number of nitrogens with two attached hydrogens (primary N) is 1. The third kappa shape index (κ3) is 5.80. The van der Waals surface area contributed by atoms with Gasteiger partial charge in [0.05, 0.1) is 0 Å². The molecule has 98 valence electrons. The minimum absolute atomic E-state index is 0.0646. The lowest BCUT2D eigenvalue weighted by Gasteiger charge is -1.94. The Bertz CT molecular complexity index is 460. The van der Waals surface area contributed by atoms with Crippen LogP contribution in [0.1, 0.15) is 46.4 Å². The first-order valence-electron chi connectivity index (χ1n) is 6.18. The molecule has 0 bridgehead atoms. The van der Waals surface area contributed by atoms with E-state index < -0.39 is 0 Å². The van der Waals surface area contributed by atoms with Crippen molar-refractivity contribution in [1.82, 2.24) is 0 Å². The van der Waals surface area contributed by atoms with E-state index in [1.807, 2.05) is 53.7 Å². The Morgan fingerprint density at radius 1 is 1.18 bits per heavy atom. The minimum atomic E-state index is 0.0646. The average Bonchev–Trinajstić information content (AvgIpc) is 2.42. The SMILES string of the molecule is C/C=c1/c(=O)cc(CN)s/c1=C/C.CC.CC. The summed E-state index contributed by atoms with van der Waals surface area (Å²) >= 11 is 1.58. The van der Waals surface area contributed by atoms with Crippen molar-refractivity contribution < 1.29 is 0 Å². The molecular formula is C14H25NOS. The van der Waals surface area contributed by atoms with E-state index in [2.05, 4.69) is 0 Å². The maximum Gasteiger partial charge on any atom is 0.188 e. The Kier molecular flexibility index (Phi) is 12.5. The van der Waals surface area contributed by atoms with Crippen LogP contribution in [0.5, 0.6) is 0 Å². The van der Waals surface area contributed by atoms with Crippen molar-refractivity contribution >= 4 is 23.5 Å². The van der Waals surface area contributed by atoms with Gasteiger partial charge in [0.25, 0.3) is 0 Å². The van der Waals surface area contributed by atoms with Crippen LogP contribution >= 0.6 is 11.3 Å². The van der Waals surface area contributed by atoms with Crippen LogP contribution in [0.25, 0.3) is 12.2 Å². The van der Waals surface area contributed by atoms with E-state index in [4.69, 9.17) is 5.73 Å². The minimum Gasteiger partial charge on any atom is -0.326 e. The highest BCUT2D eigenvalue weighted by Crippen LogP contribution is 1.94. The van der Waals surface area contributed by atoms with Crippen LogP contribution in [-0.4, -0.2) is 0 Å². The summed E-state index contributed by atoms with van der Waals surface area (Å²) < 4.78 is 1.01. The van der Waals surface area contributed by atoms with Crippen molar-refractivity contribution in [3.63, 3.8) is 0 Å². The standard InChI is InChI=1S/C10H13NOS.2C2H6/c1-3-8-9(12)5-7(6-11)13-10(8)4-2;2*1-2/h3-5H,6,11H2,1-2H3;2*1-2H3/b8-3-,10-4+;;. The topological polar surface area (TPSA) is 43.1 Å². The Balaban J connectivity index is 0. The normalized spacial score (nSPS) is 11.2. The molecule has 1 rings (SSSR count). The van der Waals surface area contributed by atoms with Crippen LogP contribution in [0.4, 0.5) is 0 Å². The van der Waals surface area contributed by atoms with Crippen molar-refractivity contribution in [3.05, 3.63) is 30.9 Å². The van der Waals surface area contributed by atoms with Crippen LogP contribution in [0.15, 0.2) is 10.9 Å². The second-order valence-electron chi connectivity index (χ2n) is 2.64. The lowest BCUT2D eigenvalue weighted by molar-refractivity contribution is 1.10. The Morgan fingerprint density at radius 3 is 2.06 bits per heavy atom. The number of hydrogen-bond acceptors (Lipinski definition) is 3. The molecule has 2 N–H and O–H groups in total. The molecule has 0 aliphatic rings. The molecule has 1 aromatic rings. The maximum atomic E-state index is 11.5. The zero-order chi connectivity index (χ0) is 13.8. The third-order valence-corrected chi connectivity index (χ3v) is 3.04. The molecular weight excluding hydrogens is 230 g/mol. The fourth-order valence-corrected chi connectivity index (χ4v) is 2.15. The van der Waals surface area contributed by atoms with Crippen LogP contribution in [0.3, 0.4) is 0 Å². The lowest BCUT2D eigenvalue weighted by atomic mass is 10.3. The van der Waals surface area contributed by atoms with E-state index in [-0.39, 0.29) is 5.43 Å². The molecule has 0 unspecified atom stereocenters. The van der Waals surface area contributed by atoms with Gasteiger partial charge in [-0.1, -0.05) is 39.8 Å². The summed E-state index contributed by atoms with van der Waals surface area (Å²) in [5, 5.41) is 0.782. The third-order valence-electron chi connectivity index (χ3n) is 1.82. The Morgan fingerprint density at radius 2 is 1.71 bits per heavy atom. The molecule has 0 aliphatic heterocycles. The predicted molar refractivity (Wildman–Crippen MR) is 80.7 cm³/mol. The highest BCUT2D eigenvalue weighted by Gasteiger charge is 1.95. The second kappa shape index (κ2) is 11.6. The van der Waals surface area contributed by atoms with Gasteiger partial charge in [-0.2, -0.15) is 0 Å². The average molecular weight is 255 g/mol. The summed E-state index contributed by atoms with van der Waals surface area (Å²) in [5.41, 5.74) is 5.55. The van der Waals surface area contributed by atoms with Crippen molar-refractivity contribution in [1.29, 1.82) is 0 Å². The summed E-state index contributed by atoms with van der Waals surface area (Å²) in [6.45, 7) is 12.2. The van der Waals surface area contributed by atoms with Crippen molar-refractivity contribution in [3.8, 4) is 0 Å². The van der Waals surface area contributed by atoms with Crippen molar-refractivity contribution in [2.24, 2.45) is 5.73 Å². The zero-order valence-electron chi connectivity index (χ0n) is 11.8. The van der Waals surface area contributed by atoms with E-state index in [1.165, 1.54) is 0 Å². The van der Waals surface area contributed by atoms with E-state index >= 15 is 0 Å². The van der Waals surface area contributed by atoms with Crippen molar-refractivity contribution in [2.45, 2.75) is 48.1 Å². The highest BCUT2D eigenvalue weighted by molar-refractivity contribution is 7.09. The number of hydrogen-bond donors (Lipinski definition) is 1. The predicted octanol–water partition coefficient (Wildman–Crippen LogP) is 2.22. The maximum absolute atomic E-state index is 11.5. The molecule has 1 heterocycles. The fourth-order valence-electron chi connectivity index (χ4n) is 1.17. The van der Waals surface area contributed by atoms with Crippen LogP contribution in [-0.2, 0) is 6.54 Å². The molecule has 0 saturated heterocycles. The van der Waals surface area contributed by atoms with E-state index in [0.717, 1.165) is 14.6 Å². The molecule has 2 nitrogen and oxygen atoms in total. The van der Waals surface area contributed by atoms with Gasteiger partial charge in [0.15, 0.2) is 5.43 Å². The van der Waals surface area contributed by atoms with Gasteiger partial charge in [0.2, 0.25) is 0 Å². The first-order chi connectivity index (χ1) is 8.22. The molecule has 0 aliphatic carbocycles. The van der Waals surface area contributed by atoms with Gasteiger partial charge < -0.3 is 5.73 Å². The molecule has 0 spiro atoms. The van der Waals surface area contributed by atoms with Crippen LogP contribution < -0.4 is 20.9 Å². The van der Waals surface area contributed by atoms with Gasteiger partial charge >= 0.3 is 0 Å². The smallest absolute Gasteiger partial charge is 0.188 e. The monoisotopic (exact) mass is 255 g/mol. The molecule has 17 heavy (non-hydrogen) atoms. The molecule has 1 aromatic heterocycles. The molecule has 0 fully saturated rings. The van der Waals surface area contributed by atoms with E-state index in [1.54, 1.807) is 17.4 Å². The summed E-state index contributed by atoms with van der Waals surface area (Å²) in [6.07, 6.45) is 3.79. The molecule has 0 atom stereocenters. The summed E-state index contributed by atoms with van der Waals surface area (Å²) in [7, 11) is 0. The Labute approximate surface area is 109 Å². The summed E-state index contributed by atoms with van der Waals surface area (Å²) in [6, 6.07) is 1.62. The highest BCUT2D eigenvalue weighted by atomic mass is 32.1. The van der Waals surface area contributed by atoms with E-state index in [0.29, 0.717) is 6.54 Å².